The molecule has 2 aliphatic heterocycles. The van der Waals surface area contributed by atoms with Crippen LogP contribution in [0.2, 0.25) is 0 Å². The van der Waals surface area contributed by atoms with E-state index in [0.717, 1.165) is 85.7 Å². The lowest BCUT2D eigenvalue weighted by Crippen LogP contribution is -2.49. The lowest BCUT2D eigenvalue weighted by molar-refractivity contribution is -0.114. The van der Waals surface area contributed by atoms with Gasteiger partial charge in [0, 0.05) is 67.1 Å². The minimum absolute atomic E-state index is 0.0851. The molecule has 0 spiro atoms. The zero-order chi connectivity index (χ0) is 26.6. The molecule has 0 saturated carbocycles. The van der Waals surface area contributed by atoms with Gasteiger partial charge in [-0.3, -0.25) is 14.5 Å². The molecule has 2 aromatic carbocycles. The van der Waals surface area contributed by atoms with Crippen molar-refractivity contribution in [1.82, 2.24) is 4.90 Å². The number of carbonyl (C=O) groups is 2. The third-order valence-corrected chi connectivity index (χ3v) is 9.23. The number of allylic oxidation sites excluding steroid dienone is 2. The van der Waals surface area contributed by atoms with E-state index in [1.54, 1.807) is 0 Å². The summed E-state index contributed by atoms with van der Waals surface area (Å²) < 4.78 is 5.56. The van der Waals surface area contributed by atoms with Crippen molar-refractivity contribution >= 4 is 28.6 Å². The normalized spacial score (nSPS) is 21.3. The molecule has 2 fully saturated rings. The predicted octanol–water partition coefficient (Wildman–Crippen LogP) is 4.99. The Hall–Kier alpha value is -2.96. The summed E-state index contributed by atoms with van der Waals surface area (Å²) >= 11 is 0. The second-order valence-electron chi connectivity index (χ2n) is 11.8. The number of Topliss-reactive ketones (excluding diaryl/α,β-unsaturated/α-hetero) is 1. The van der Waals surface area contributed by atoms with Gasteiger partial charge in [-0.2, -0.15) is 0 Å². The van der Waals surface area contributed by atoms with Crippen LogP contribution in [0.25, 0.3) is 5.57 Å². The largest absolute Gasteiger partial charge is 0.379 e. The summed E-state index contributed by atoms with van der Waals surface area (Å²) in [6.45, 7) is 14.2. The first-order chi connectivity index (χ1) is 18.3. The van der Waals surface area contributed by atoms with Crippen molar-refractivity contribution < 1.29 is 14.3 Å². The Kier molecular flexibility index (Phi) is 6.43. The van der Waals surface area contributed by atoms with Crippen molar-refractivity contribution in [1.29, 1.82) is 0 Å². The number of morpholine rings is 1. The molecule has 0 bridgehead atoms. The van der Waals surface area contributed by atoms with E-state index in [-0.39, 0.29) is 17.1 Å². The molecule has 4 aliphatic rings. The number of piperidine rings is 1. The Morgan fingerprint density at radius 3 is 2.47 bits per heavy atom. The molecule has 6 heteroatoms. The van der Waals surface area contributed by atoms with Crippen LogP contribution < -0.4 is 10.2 Å². The first-order valence-corrected chi connectivity index (χ1v) is 14.2. The molecule has 200 valence electrons. The van der Waals surface area contributed by atoms with Crippen molar-refractivity contribution in [2.75, 3.05) is 49.6 Å². The second-order valence-corrected chi connectivity index (χ2v) is 11.8. The number of nitrogens with one attached hydrogen (secondary N) is 1. The predicted molar refractivity (Wildman–Crippen MR) is 152 cm³/mol. The van der Waals surface area contributed by atoms with Crippen LogP contribution in [-0.2, 0) is 27.8 Å². The molecule has 0 unspecified atom stereocenters. The molecule has 0 radical (unpaired) electrons. The number of ketones is 1. The first kappa shape index (κ1) is 25.3. The van der Waals surface area contributed by atoms with Crippen molar-refractivity contribution in [2.24, 2.45) is 0 Å². The van der Waals surface area contributed by atoms with Gasteiger partial charge in [-0.15, -0.1) is 0 Å². The topological polar surface area (TPSA) is 61.9 Å². The van der Waals surface area contributed by atoms with E-state index in [9.17, 15) is 9.59 Å². The maximum absolute atomic E-state index is 14.0. The smallest absolute Gasteiger partial charge is 0.221 e. The molecule has 1 N–H and O–H groups in total. The summed E-state index contributed by atoms with van der Waals surface area (Å²) in [7, 11) is 0. The number of fused-ring (bicyclic) bond motifs is 3. The number of aryl methyl sites for hydroxylation is 1. The maximum atomic E-state index is 14.0. The third-order valence-electron chi connectivity index (χ3n) is 9.23. The number of benzene rings is 2. The van der Waals surface area contributed by atoms with Crippen molar-refractivity contribution in [2.45, 2.75) is 64.8 Å². The maximum Gasteiger partial charge on any atom is 0.221 e. The fraction of sp³-hybridized carbons (Fsp3) is 0.500. The van der Waals surface area contributed by atoms with Crippen LogP contribution in [0.15, 0.2) is 35.9 Å². The van der Waals surface area contributed by atoms with E-state index in [1.165, 1.54) is 36.6 Å². The van der Waals surface area contributed by atoms with Gasteiger partial charge in [0.05, 0.1) is 13.2 Å². The van der Waals surface area contributed by atoms with Gasteiger partial charge in [-0.05, 0) is 77.8 Å². The standard InChI is InChI=1S/C32H39N3O3/c1-5-21-17-26-27(19-29(21)35-10-8-24(9-11-35)34-12-14-38-15-13-34)32(3,4)28-18-22-16-23(33-20(2)36)6-7-25(22)30(28)31(26)37/h6-7,16-17,19,24H,5,8-15,18H2,1-4H3,(H,33,36). The lowest BCUT2D eigenvalue weighted by atomic mass is 9.68. The Balaban J connectivity index is 1.31. The molecule has 1 amide bonds. The number of carbonyl (C=O) groups excluding carboxylic acids is 2. The Bertz CT molecular complexity index is 1330. The zero-order valence-corrected chi connectivity index (χ0v) is 23.2. The molecule has 0 atom stereocenters. The van der Waals surface area contributed by atoms with Gasteiger partial charge in [0.15, 0.2) is 5.78 Å². The second kappa shape index (κ2) is 9.65. The SMILES string of the molecule is CCc1cc2c(cc1N1CCC(N3CCOCC3)CC1)C(C)(C)C1=C(C2=O)c2ccc(NC(C)=O)cc2C1. The zero-order valence-electron chi connectivity index (χ0n) is 23.2. The van der Waals surface area contributed by atoms with Gasteiger partial charge >= 0.3 is 0 Å². The Morgan fingerprint density at radius 1 is 1.05 bits per heavy atom. The molecular formula is C32H39N3O3. The van der Waals surface area contributed by atoms with Gasteiger partial charge in [0.1, 0.15) is 0 Å². The van der Waals surface area contributed by atoms with E-state index in [2.05, 4.69) is 48.0 Å². The highest BCUT2D eigenvalue weighted by Gasteiger charge is 2.43. The number of amides is 1. The average molecular weight is 514 g/mol. The number of rotatable bonds is 4. The summed E-state index contributed by atoms with van der Waals surface area (Å²) in [6.07, 6.45) is 3.99. The minimum atomic E-state index is -0.251. The van der Waals surface area contributed by atoms with E-state index in [1.807, 2.05) is 18.2 Å². The highest BCUT2D eigenvalue weighted by atomic mass is 16.5. The number of hydrogen-bond donors (Lipinski definition) is 1. The molecule has 6 nitrogen and oxygen atoms in total. The molecule has 0 aromatic heterocycles. The summed E-state index contributed by atoms with van der Waals surface area (Å²) in [5.41, 5.74) is 9.32. The van der Waals surface area contributed by atoms with Crippen LogP contribution in [0.3, 0.4) is 0 Å². The van der Waals surface area contributed by atoms with Gasteiger partial charge in [-0.1, -0.05) is 26.8 Å². The van der Waals surface area contributed by atoms with E-state index >= 15 is 0 Å². The van der Waals surface area contributed by atoms with Crippen LogP contribution in [0.4, 0.5) is 11.4 Å². The average Bonchev–Trinajstić information content (AvgIpc) is 3.32. The van der Waals surface area contributed by atoms with Crippen LogP contribution in [0.1, 0.15) is 73.1 Å². The molecule has 2 aromatic rings. The van der Waals surface area contributed by atoms with Crippen molar-refractivity contribution in [3.8, 4) is 0 Å². The highest BCUT2D eigenvalue weighted by molar-refractivity contribution is 6.33. The number of ether oxygens (including phenoxy) is 1. The number of anilines is 2. The Labute approximate surface area is 226 Å². The number of nitrogens with zero attached hydrogens (tertiary/aromatic N) is 2. The van der Waals surface area contributed by atoms with E-state index < -0.39 is 0 Å². The molecule has 38 heavy (non-hydrogen) atoms. The van der Waals surface area contributed by atoms with Crippen LogP contribution in [0, 0.1) is 0 Å². The number of hydrogen-bond acceptors (Lipinski definition) is 5. The van der Waals surface area contributed by atoms with Gasteiger partial charge < -0.3 is 15.0 Å². The lowest BCUT2D eigenvalue weighted by Gasteiger charge is -2.42. The first-order valence-electron chi connectivity index (χ1n) is 14.2. The minimum Gasteiger partial charge on any atom is -0.379 e. The molecule has 6 rings (SSSR count). The van der Waals surface area contributed by atoms with Crippen LogP contribution in [-0.4, -0.2) is 62.0 Å². The van der Waals surface area contributed by atoms with E-state index in [0.29, 0.717) is 6.04 Å². The van der Waals surface area contributed by atoms with E-state index in [4.69, 9.17) is 4.74 Å². The third kappa shape index (κ3) is 4.18. The molecule has 2 aliphatic carbocycles. The summed E-state index contributed by atoms with van der Waals surface area (Å²) in [5, 5.41) is 2.89. The van der Waals surface area contributed by atoms with Crippen LogP contribution in [0.5, 0.6) is 0 Å². The summed E-state index contributed by atoms with van der Waals surface area (Å²) in [5.74, 6) is 0.0608. The van der Waals surface area contributed by atoms with Gasteiger partial charge in [0.25, 0.3) is 0 Å². The summed E-state index contributed by atoms with van der Waals surface area (Å²) in [4.78, 5) is 30.8. The van der Waals surface area contributed by atoms with Crippen molar-refractivity contribution in [3.63, 3.8) is 0 Å². The quantitative estimate of drug-likeness (QED) is 0.624. The van der Waals surface area contributed by atoms with Crippen molar-refractivity contribution in [3.05, 3.63) is 63.7 Å². The van der Waals surface area contributed by atoms with Gasteiger partial charge in [0.2, 0.25) is 5.91 Å². The summed E-state index contributed by atoms with van der Waals surface area (Å²) in [6, 6.07) is 11.1. The highest BCUT2D eigenvalue weighted by Crippen LogP contribution is 2.51. The fourth-order valence-corrected chi connectivity index (χ4v) is 7.13. The molecular weight excluding hydrogens is 474 g/mol. The van der Waals surface area contributed by atoms with Gasteiger partial charge in [-0.25, -0.2) is 0 Å². The molecule has 2 saturated heterocycles. The molecule has 2 heterocycles. The monoisotopic (exact) mass is 513 g/mol. The Morgan fingerprint density at radius 2 is 1.79 bits per heavy atom. The van der Waals surface area contributed by atoms with Crippen LogP contribution >= 0.6 is 0 Å². The fourth-order valence-electron chi connectivity index (χ4n) is 7.13.